The zero-order chi connectivity index (χ0) is 16.8. The highest BCUT2D eigenvalue weighted by atomic mass is 16.2. The number of carbonyl (C=O) groups excluding carboxylic acids is 1. The molecule has 1 aliphatic heterocycles. The highest BCUT2D eigenvalue weighted by molar-refractivity contribution is 5.75. The van der Waals surface area contributed by atoms with Crippen LogP contribution in [0.25, 0.3) is 0 Å². The van der Waals surface area contributed by atoms with Gasteiger partial charge in [0.25, 0.3) is 5.56 Å². The zero-order valence-electron chi connectivity index (χ0n) is 13.7. The van der Waals surface area contributed by atoms with Crippen LogP contribution < -0.4 is 10.9 Å². The maximum atomic E-state index is 11.9. The Labute approximate surface area is 141 Å². The molecule has 5 heteroatoms. The molecule has 1 unspecified atom stereocenters. The lowest BCUT2D eigenvalue weighted by Gasteiger charge is -2.16. The molecule has 1 aromatic heterocycles. The first-order valence-electron chi connectivity index (χ1n) is 8.42. The summed E-state index contributed by atoms with van der Waals surface area (Å²) in [5.74, 6) is 0.465. The molecule has 1 aromatic carbocycles. The van der Waals surface area contributed by atoms with Gasteiger partial charge in [-0.3, -0.25) is 9.59 Å². The van der Waals surface area contributed by atoms with Crippen LogP contribution in [-0.4, -0.2) is 41.6 Å². The molecule has 2 heterocycles. The predicted molar refractivity (Wildman–Crippen MR) is 94.0 cm³/mol. The molecular weight excluding hydrogens is 302 g/mol. The first-order valence-corrected chi connectivity index (χ1v) is 8.42. The Morgan fingerprint density at radius 1 is 1.12 bits per heavy atom. The van der Waals surface area contributed by atoms with Gasteiger partial charge in [0, 0.05) is 31.9 Å². The molecule has 1 amide bonds. The maximum absolute atomic E-state index is 11.9. The minimum absolute atomic E-state index is 0.0757. The van der Waals surface area contributed by atoms with E-state index < -0.39 is 0 Å². The molecule has 1 saturated heterocycles. The molecule has 0 bridgehead atoms. The first kappa shape index (κ1) is 16.5. The van der Waals surface area contributed by atoms with Crippen molar-refractivity contribution in [1.82, 2.24) is 14.8 Å². The first-order chi connectivity index (χ1) is 11.7. The van der Waals surface area contributed by atoms with Gasteiger partial charge in [-0.05, 0) is 30.5 Å². The number of aromatic nitrogens is 1. The van der Waals surface area contributed by atoms with Crippen LogP contribution in [0.1, 0.15) is 17.9 Å². The number of benzene rings is 1. The van der Waals surface area contributed by atoms with Crippen molar-refractivity contribution in [2.75, 3.05) is 26.2 Å². The Morgan fingerprint density at radius 3 is 2.71 bits per heavy atom. The van der Waals surface area contributed by atoms with E-state index >= 15 is 0 Å². The Bertz CT molecular complexity index is 727. The highest BCUT2D eigenvalue weighted by Crippen LogP contribution is 2.26. The van der Waals surface area contributed by atoms with E-state index in [1.807, 2.05) is 6.07 Å². The third-order valence-electron chi connectivity index (χ3n) is 4.51. The standard InChI is InChI=1S/C19H23N3O2/c23-18(15-22-11-5-4-8-19(22)24)20-10-13-21-12-9-17(14-21)16-6-2-1-3-7-16/h1-8,11,17H,9-10,12-15H2,(H,20,23). The zero-order valence-corrected chi connectivity index (χ0v) is 13.7. The highest BCUT2D eigenvalue weighted by Gasteiger charge is 2.23. The molecule has 1 atom stereocenters. The molecule has 2 aromatic rings. The third-order valence-corrected chi connectivity index (χ3v) is 4.51. The number of likely N-dealkylation sites (tertiary alicyclic amines) is 1. The molecule has 1 N–H and O–H groups in total. The lowest BCUT2D eigenvalue weighted by molar-refractivity contribution is -0.121. The second-order valence-electron chi connectivity index (χ2n) is 6.21. The SMILES string of the molecule is O=C(Cn1ccccc1=O)NCCN1CCC(c2ccccc2)C1. The molecule has 0 aliphatic carbocycles. The topological polar surface area (TPSA) is 54.3 Å². The van der Waals surface area contributed by atoms with Gasteiger partial charge in [-0.15, -0.1) is 0 Å². The number of rotatable bonds is 6. The van der Waals surface area contributed by atoms with Crippen LogP contribution >= 0.6 is 0 Å². The summed E-state index contributed by atoms with van der Waals surface area (Å²) in [6.07, 6.45) is 2.80. The monoisotopic (exact) mass is 325 g/mol. The minimum atomic E-state index is -0.155. The summed E-state index contributed by atoms with van der Waals surface area (Å²) >= 11 is 0. The van der Waals surface area contributed by atoms with Gasteiger partial charge >= 0.3 is 0 Å². The van der Waals surface area contributed by atoms with Crippen molar-refractivity contribution in [3.63, 3.8) is 0 Å². The van der Waals surface area contributed by atoms with Crippen LogP contribution in [0.5, 0.6) is 0 Å². The molecule has 126 valence electrons. The number of hydrogen-bond acceptors (Lipinski definition) is 3. The van der Waals surface area contributed by atoms with Crippen molar-refractivity contribution in [3.05, 3.63) is 70.6 Å². The normalized spacial score (nSPS) is 17.8. The Hall–Kier alpha value is -2.40. The summed E-state index contributed by atoms with van der Waals surface area (Å²) in [6.45, 7) is 3.64. The summed E-state index contributed by atoms with van der Waals surface area (Å²) in [4.78, 5) is 25.9. The van der Waals surface area contributed by atoms with E-state index in [9.17, 15) is 9.59 Å². The fraction of sp³-hybridized carbons (Fsp3) is 0.368. The van der Waals surface area contributed by atoms with Crippen molar-refractivity contribution in [3.8, 4) is 0 Å². The van der Waals surface area contributed by atoms with E-state index in [1.54, 1.807) is 18.3 Å². The molecule has 0 saturated carbocycles. The molecule has 0 radical (unpaired) electrons. The van der Waals surface area contributed by atoms with Gasteiger partial charge in [0.2, 0.25) is 5.91 Å². The van der Waals surface area contributed by atoms with Crippen LogP contribution in [0.15, 0.2) is 59.5 Å². The largest absolute Gasteiger partial charge is 0.353 e. The van der Waals surface area contributed by atoms with Gasteiger partial charge in [0.15, 0.2) is 0 Å². The summed E-state index contributed by atoms with van der Waals surface area (Å²) in [5, 5.41) is 2.90. The number of hydrogen-bond donors (Lipinski definition) is 1. The quantitative estimate of drug-likeness (QED) is 0.875. The van der Waals surface area contributed by atoms with Crippen LogP contribution in [0.4, 0.5) is 0 Å². The fourth-order valence-electron chi connectivity index (χ4n) is 3.19. The molecule has 1 aliphatic rings. The number of amides is 1. The minimum Gasteiger partial charge on any atom is -0.353 e. The van der Waals surface area contributed by atoms with Crippen molar-refractivity contribution in [1.29, 1.82) is 0 Å². The van der Waals surface area contributed by atoms with Crippen LogP contribution in [0.2, 0.25) is 0 Å². The number of carbonyl (C=O) groups is 1. The van der Waals surface area contributed by atoms with Gasteiger partial charge in [0.05, 0.1) is 0 Å². The molecular formula is C19H23N3O2. The number of nitrogens with zero attached hydrogens (tertiary/aromatic N) is 2. The molecule has 0 spiro atoms. The second-order valence-corrected chi connectivity index (χ2v) is 6.21. The second kappa shape index (κ2) is 7.93. The van der Waals surface area contributed by atoms with E-state index in [-0.39, 0.29) is 18.0 Å². The van der Waals surface area contributed by atoms with Gasteiger partial charge in [-0.25, -0.2) is 0 Å². The number of nitrogens with one attached hydrogen (secondary N) is 1. The maximum Gasteiger partial charge on any atom is 0.250 e. The lowest BCUT2D eigenvalue weighted by Crippen LogP contribution is -2.37. The van der Waals surface area contributed by atoms with Crippen LogP contribution in [0, 0.1) is 0 Å². The van der Waals surface area contributed by atoms with E-state index in [4.69, 9.17) is 0 Å². The summed E-state index contributed by atoms with van der Waals surface area (Å²) in [6, 6.07) is 15.5. The number of pyridine rings is 1. The van der Waals surface area contributed by atoms with Crippen molar-refractivity contribution < 1.29 is 4.79 Å². The van der Waals surface area contributed by atoms with E-state index in [1.165, 1.54) is 16.2 Å². The summed E-state index contributed by atoms with van der Waals surface area (Å²) < 4.78 is 1.41. The van der Waals surface area contributed by atoms with Gasteiger partial charge in [0.1, 0.15) is 6.54 Å². The van der Waals surface area contributed by atoms with Crippen LogP contribution in [0.3, 0.4) is 0 Å². The van der Waals surface area contributed by atoms with Crippen molar-refractivity contribution in [2.24, 2.45) is 0 Å². The van der Waals surface area contributed by atoms with Gasteiger partial charge < -0.3 is 14.8 Å². The third kappa shape index (κ3) is 4.32. The molecule has 5 nitrogen and oxygen atoms in total. The van der Waals surface area contributed by atoms with Crippen molar-refractivity contribution >= 4 is 5.91 Å². The Morgan fingerprint density at radius 2 is 1.92 bits per heavy atom. The van der Waals surface area contributed by atoms with Gasteiger partial charge in [-0.1, -0.05) is 36.4 Å². The smallest absolute Gasteiger partial charge is 0.250 e. The fourth-order valence-corrected chi connectivity index (χ4v) is 3.19. The van der Waals surface area contributed by atoms with E-state index in [2.05, 4.69) is 34.5 Å². The molecule has 3 rings (SSSR count). The predicted octanol–water partition coefficient (Wildman–Crippen LogP) is 1.45. The van der Waals surface area contributed by atoms with Crippen molar-refractivity contribution in [2.45, 2.75) is 18.9 Å². The van der Waals surface area contributed by atoms with Crippen LogP contribution in [-0.2, 0) is 11.3 Å². The van der Waals surface area contributed by atoms with E-state index in [0.717, 1.165) is 26.1 Å². The Balaban J connectivity index is 1.40. The molecule has 24 heavy (non-hydrogen) atoms. The van der Waals surface area contributed by atoms with Gasteiger partial charge in [-0.2, -0.15) is 0 Å². The van der Waals surface area contributed by atoms with E-state index in [0.29, 0.717) is 12.5 Å². The molecule has 1 fully saturated rings. The summed E-state index contributed by atoms with van der Waals surface area (Å²) in [5.41, 5.74) is 1.24. The average molecular weight is 325 g/mol. The lowest BCUT2D eigenvalue weighted by atomic mass is 9.99. The average Bonchev–Trinajstić information content (AvgIpc) is 3.07. The summed E-state index contributed by atoms with van der Waals surface area (Å²) in [7, 11) is 0. The Kier molecular flexibility index (Phi) is 5.43.